The van der Waals surface area contributed by atoms with Gasteiger partial charge < -0.3 is 10.2 Å². The highest BCUT2D eigenvalue weighted by atomic mass is 35.5. The molecule has 30 heavy (non-hydrogen) atoms. The Hall–Kier alpha value is -2.58. The van der Waals surface area contributed by atoms with Crippen molar-refractivity contribution in [2.24, 2.45) is 0 Å². The number of hydrogen-bond donors (Lipinski definition) is 1. The van der Waals surface area contributed by atoms with Gasteiger partial charge in [-0.15, -0.1) is 0 Å². The third-order valence-corrected chi connectivity index (χ3v) is 6.07. The van der Waals surface area contributed by atoms with E-state index in [1.807, 2.05) is 6.92 Å². The Morgan fingerprint density at radius 3 is 2.13 bits per heavy atom. The number of rotatable bonds is 8. The van der Waals surface area contributed by atoms with E-state index in [1.165, 1.54) is 11.9 Å². The number of aryl methyl sites for hydroxylation is 1. The van der Waals surface area contributed by atoms with E-state index in [0.717, 1.165) is 21.7 Å². The van der Waals surface area contributed by atoms with Gasteiger partial charge in [-0.05, 0) is 43.7 Å². The molecule has 2 rings (SSSR count). The third kappa shape index (κ3) is 6.21. The number of carbonyl (C=O) groups is 2. The summed E-state index contributed by atoms with van der Waals surface area (Å²) in [7, 11) is -2.24. The highest BCUT2D eigenvalue weighted by Crippen LogP contribution is 2.20. The van der Waals surface area contributed by atoms with E-state index in [0.29, 0.717) is 10.7 Å². The van der Waals surface area contributed by atoms with Gasteiger partial charge in [0.05, 0.1) is 11.9 Å². The molecule has 7 nitrogen and oxygen atoms in total. The Morgan fingerprint density at radius 2 is 1.63 bits per heavy atom. The molecule has 0 fully saturated rings. The largest absolute Gasteiger partial charge is 0.357 e. The summed E-state index contributed by atoms with van der Waals surface area (Å²) >= 11 is 5.93. The molecule has 2 amide bonds. The van der Waals surface area contributed by atoms with Gasteiger partial charge in [0.1, 0.15) is 12.6 Å². The van der Waals surface area contributed by atoms with Crippen molar-refractivity contribution in [2.45, 2.75) is 26.4 Å². The summed E-state index contributed by atoms with van der Waals surface area (Å²) in [5.41, 5.74) is 2.12. The van der Waals surface area contributed by atoms with Crippen molar-refractivity contribution in [3.05, 3.63) is 64.7 Å². The van der Waals surface area contributed by atoms with Crippen LogP contribution in [0.4, 0.5) is 5.69 Å². The first kappa shape index (κ1) is 23.7. The fourth-order valence-corrected chi connectivity index (χ4v) is 3.88. The quantitative estimate of drug-likeness (QED) is 0.668. The van der Waals surface area contributed by atoms with Gasteiger partial charge in [0.25, 0.3) is 0 Å². The van der Waals surface area contributed by atoms with Crippen molar-refractivity contribution in [2.75, 3.05) is 24.2 Å². The van der Waals surface area contributed by atoms with Gasteiger partial charge in [-0.25, -0.2) is 8.42 Å². The van der Waals surface area contributed by atoms with Gasteiger partial charge in [0, 0.05) is 18.6 Å². The molecule has 162 valence electrons. The third-order valence-electron chi connectivity index (χ3n) is 4.68. The summed E-state index contributed by atoms with van der Waals surface area (Å²) in [4.78, 5) is 26.8. The normalized spacial score (nSPS) is 12.2. The molecule has 1 atom stereocenters. The van der Waals surface area contributed by atoms with Gasteiger partial charge in [0.2, 0.25) is 21.8 Å². The summed E-state index contributed by atoms with van der Waals surface area (Å²) in [6, 6.07) is 13.0. The van der Waals surface area contributed by atoms with Crippen LogP contribution in [0.2, 0.25) is 5.02 Å². The standard InChI is InChI=1S/C21H26ClN3O4S/c1-15-5-11-19(12-6-15)25(30(4,28)29)14-20(26)24(16(2)21(27)23-3)13-17-7-9-18(22)10-8-17/h5-12,16H,13-14H2,1-4H3,(H,23,27). The highest BCUT2D eigenvalue weighted by Gasteiger charge is 2.29. The average molecular weight is 452 g/mol. The van der Waals surface area contributed by atoms with E-state index in [1.54, 1.807) is 55.5 Å². The van der Waals surface area contributed by atoms with E-state index < -0.39 is 28.5 Å². The summed E-state index contributed by atoms with van der Waals surface area (Å²) in [5, 5.41) is 3.08. The number of likely N-dealkylation sites (N-methyl/N-ethyl adjacent to an activating group) is 1. The summed E-state index contributed by atoms with van der Waals surface area (Å²) in [6.07, 6.45) is 1.05. The maximum Gasteiger partial charge on any atom is 0.244 e. The highest BCUT2D eigenvalue weighted by molar-refractivity contribution is 7.92. The van der Waals surface area contributed by atoms with Crippen LogP contribution in [0.15, 0.2) is 48.5 Å². The molecule has 0 aromatic heterocycles. The van der Waals surface area contributed by atoms with Crippen LogP contribution in [0.25, 0.3) is 0 Å². The lowest BCUT2D eigenvalue weighted by Gasteiger charge is -2.31. The van der Waals surface area contributed by atoms with E-state index >= 15 is 0 Å². The van der Waals surface area contributed by atoms with Crippen molar-refractivity contribution in [1.82, 2.24) is 10.2 Å². The molecule has 0 bridgehead atoms. The molecule has 0 spiro atoms. The second-order valence-corrected chi connectivity index (χ2v) is 9.39. The Morgan fingerprint density at radius 1 is 1.07 bits per heavy atom. The topological polar surface area (TPSA) is 86.8 Å². The number of nitrogens with one attached hydrogen (secondary N) is 1. The summed E-state index contributed by atoms with van der Waals surface area (Å²) in [6.45, 7) is 3.20. The van der Waals surface area contributed by atoms with Crippen molar-refractivity contribution < 1.29 is 18.0 Å². The SMILES string of the molecule is CNC(=O)C(C)N(Cc1ccc(Cl)cc1)C(=O)CN(c1ccc(C)cc1)S(C)(=O)=O. The number of sulfonamides is 1. The summed E-state index contributed by atoms with van der Waals surface area (Å²) < 4.78 is 25.8. The predicted molar refractivity (Wildman–Crippen MR) is 119 cm³/mol. The molecular formula is C21H26ClN3O4S. The van der Waals surface area contributed by atoms with Crippen LogP contribution >= 0.6 is 11.6 Å². The number of carbonyl (C=O) groups excluding carboxylic acids is 2. The Bertz CT molecular complexity index is 992. The van der Waals surface area contributed by atoms with Gasteiger partial charge in [-0.3, -0.25) is 13.9 Å². The van der Waals surface area contributed by atoms with Crippen LogP contribution in [0.5, 0.6) is 0 Å². The van der Waals surface area contributed by atoms with Crippen LogP contribution < -0.4 is 9.62 Å². The van der Waals surface area contributed by atoms with Crippen LogP contribution in [0.3, 0.4) is 0 Å². The summed E-state index contributed by atoms with van der Waals surface area (Å²) in [5.74, 6) is -0.842. The van der Waals surface area contributed by atoms with E-state index in [2.05, 4.69) is 5.32 Å². The Labute approximate surface area is 182 Å². The lowest BCUT2D eigenvalue weighted by Crippen LogP contribution is -2.50. The average Bonchev–Trinajstić information content (AvgIpc) is 2.70. The first-order chi connectivity index (χ1) is 14.0. The van der Waals surface area contributed by atoms with Crippen LogP contribution in [-0.4, -0.2) is 51.0 Å². The molecule has 0 aliphatic carbocycles. The van der Waals surface area contributed by atoms with Crippen molar-refractivity contribution in [3.63, 3.8) is 0 Å². The second-order valence-electron chi connectivity index (χ2n) is 7.04. The predicted octanol–water partition coefficient (Wildman–Crippen LogP) is 2.58. The molecule has 1 N–H and O–H groups in total. The van der Waals surface area contributed by atoms with E-state index in [-0.39, 0.29) is 12.5 Å². The lowest BCUT2D eigenvalue weighted by atomic mass is 10.1. The van der Waals surface area contributed by atoms with Crippen molar-refractivity contribution in [1.29, 1.82) is 0 Å². The fourth-order valence-electron chi connectivity index (χ4n) is 2.90. The minimum Gasteiger partial charge on any atom is -0.357 e. The first-order valence-corrected chi connectivity index (χ1v) is 11.6. The monoisotopic (exact) mass is 451 g/mol. The minimum atomic E-state index is -3.72. The molecule has 0 aliphatic rings. The van der Waals surface area contributed by atoms with Crippen molar-refractivity contribution >= 4 is 39.1 Å². The van der Waals surface area contributed by atoms with Crippen LogP contribution in [-0.2, 0) is 26.2 Å². The molecule has 0 aliphatic heterocycles. The van der Waals surface area contributed by atoms with E-state index in [9.17, 15) is 18.0 Å². The first-order valence-electron chi connectivity index (χ1n) is 9.33. The Kier molecular flexibility index (Phi) is 7.86. The molecule has 9 heteroatoms. The van der Waals surface area contributed by atoms with Gasteiger partial charge in [-0.1, -0.05) is 41.4 Å². The number of benzene rings is 2. The second kappa shape index (κ2) is 9.95. The zero-order valence-electron chi connectivity index (χ0n) is 17.4. The molecule has 0 saturated heterocycles. The van der Waals surface area contributed by atoms with Crippen LogP contribution in [0.1, 0.15) is 18.1 Å². The van der Waals surface area contributed by atoms with Gasteiger partial charge in [-0.2, -0.15) is 0 Å². The number of nitrogens with zero attached hydrogens (tertiary/aromatic N) is 2. The van der Waals surface area contributed by atoms with Crippen LogP contribution in [0, 0.1) is 6.92 Å². The van der Waals surface area contributed by atoms with Gasteiger partial charge in [0.15, 0.2) is 0 Å². The smallest absolute Gasteiger partial charge is 0.244 e. The zero-order valence-corrected chi connectivity index (χ0v) is 19.0. The lowest BCUT2D eigenvalue weighted by molar-refractivity contribution is -0.139. The molecule has 2 aromatic carbocycles. The Balaban J connectivity index is 2.35. The molecule has 1 unspecified atom stereocenters. The van der Waals surface area contributed by atoms with Crippen molar-refractivity contribution in [3.8, 4) is 0 Å². The van der Waals surface area contributed by atoms with E-state index in [4.69, 9.17) is 11.6 Å². The molecule has 0 heterocycles. The maximum absolute atomic E-state index is 13.2. The molecule has 0 saturated carbocycles. The van der Waals surface area contributed by atoms with Gasteiger partial charge >= 0.3 is 0 Å². The molecular weight excluding hydrogens is 426 g/mol. The number of amides is 2. The fraction of sp³-hybridized carbons (Fsp3) is 0.333. The number of hydrogen-bond acceptors (Lipinski definition) is 4. The molecule has 0 radical (unpaired) electrons. The number of halogens is 1. The molecule has 2 aromatic rings. The zero-order chi connectivity index (χ0) is 22.5. The number of anilines is 1. The minimum absolute atomic E-state index is 0.135. The maximum atomic E-state index is 13.2.